The zero-order valence-electron chi connectivity index (χ0n) is 13.1. The fourth-order valence-corrected chi connectivity index (χ4v) is 3.26. The van der Waals surface area contributed by atoms with Gasteiger partial charge in [0.1, 0.15) is 0 Å². The summed E-state index contributed by atoms with van der Waals surface area (Å²) in [5.74, 6) is -0.156. The predicted molar refractivity (Wildman–Crippen MR) is 96.9 cm³/mol. The van der Waals surface area contributed by atoms with E-state index in [1.54, 1.807) is 12.3 Å². The average Bonchev–Trinajstić information content (AvgIpc) is 2.93. The topological polar surface area (TPSA) is 45.2 Å². The Labute approximate surface area is 140 Å². The molecule has 120 valence electrons. The lowest BCUT2D eigenvalue weighted by Gasteiger charge is -2.22. The Bertz CT molecular complexity index is 641. The number of carbonyl (C=O) groups excluding carboxylic acids is 1. The first kappa shape index (κ1) is 15.7. The number of benzene rings is 1. The second-order valence-electron chi connectivity index (χ2n) is 5.65. The summed E-state index contributed by atoms with van der Waals surface area (Å²) >= 11 is 1.41. The predicted octanol–water partition coefficient (Wildman–Crippen LogP) is 4.18. The van der Waals surface area contributed by atoms with Crippen molar-refractivity contribution < 1.29 is 4.79 Å². The highest BCUT2D eigenvalue weighted by Gasteiger charge is 2.09. The summed E-state index contributed by atoms with van der Waals surface area (Å²) in [6.07, 6.45) is 10.3. The van der Waals surface area contributed by atoms with Crippen molar-refractivity contribution in [2.24, 2.45) is 0 Å². The van der Waals surface area contributed by atoms with Crippen LogP contribution in [0.25, 0.3) is 6.08 Å². The number of hydrogen-bond acceptors (Lipinski definition) is 4. The summed E-state index contributed by atoms with van der Waals surface area (Å²) in [7, 11) is 0. The monoisotopic (exact) mass is 327 g/mol. The first-order valence-electron chi connectivity index (χ1n) is 8.05. The SMILES string of the molecule is O=C(/C=C/c1ccc(N2CCCCCC2)cc1)Nc1nccs1. The number of nitrogens with zero attached hydrogens (tertiary/aromatic N) is 2. The zero-order chi connectivity index (χ0) is 15.9. The van der Waals surface area contributed by atoms with Gasteiger partial charge in [-0.25, -0.2) is 4.98 Å². The molecule has 1 aliphatic heterocycles. The van der Waals surface area contributed by atoms with Gasteiger partial charge in [-0.2, -0.15) is 0 Å². The Balaban J connectivity index is 1.58. The maximum atomic E-state index is 11.8. The van der Waals surface area contributed by atoms with Crippen molar-refractivity contribution in [2.45, 2.75) is 25.7 Å². The Morgan fingerprint density at radius 3 is 2.52 bits per heavy atom. The van der Waals surface area contributed by atoms with Crippen LogP contribution < -0.4 is 10.2 Å². The molecule has 1 fully saturated rings. The third-order valence-electron chi connectivity index (χ3n) is 3.95. The molecule has 1 aromatic carbocycles. The molecule has 1 aliphatic rings. The Kier molecular flexibility index (Phi) is 5.42. The van der Waals surface area contributed by atoms with Crippen molar-refractivity contribution in [3.63, 3.8) is 0 Å². The lowest BCUT2D eigenvalue weighted by Crippen LogP contribution is -2.23. The van der Waals surface area contributed by atoms with E-state index in [2.05, 4.69) is 39.5 Å². The fraction of sp³-hybridized carbons (Fsp3) is 0.333. The van der Waals surface area contributed by atoms with E-state index in [1.165, 1.54) is 42.7 Å². The molecule has 1 N–H and O–H groups in total. The van der Waals surface area contributed by atoms with Crippen LogP contribution in [0.4, 0.5) is 10.8 Å². The van der Waals surface area contributed by atoms with Crippen LogP contribution in [0.5, 0.6) is 0 Å². The van der Waals surface area contributed by atoms with Crippen LogP contribution in [0.3, 0.4) is 0 Å². The number of carbonyl (C=O) groups is 1. The van der Waals surface area contributed by atoms with E-state index < -0.39 is 0 Å². The number of aromatic nitrogens is 1. The summed E-state index contributed by atoms with van der Waals surface area (Å²) in [5, 5.41) is 5.19. The molecule has 3 rings (SSSR count). The highest BCUT2D eigenvalue weighted by molar-refractivity contribution is 7.13. The summed E-state index contributed by atoms with van der Waals surface area (Å²) in [5.41, 5.74) is 2.30. The first-order chi connectivity index (χ1) is 11.3. The highest BCUT2D eigenvalue weighted by atomic mass is 32.1. The van der Waals surface area contributed by atoms with E-state index >= 15 is 0 Å². The number of anilines is 2. The maximum Gasteiger partial charge on any atom is 0.250 e. The van der Waals surface area contributed by atoms with Crippen LogP contribution >= 0.6 is 11.3 Å². The lowest BCUT2D eigenvalue weighted by molar-refractivity contribution is -0.111. The van der Waals surface area contributed by atoms with Gasteiger partial charge in [0.05, 0.1) is 0 Å². The molecule has 0 saturated carbocycles. The van der Waals surface area contributed by atoms with Crippen molar-refractivity contribution in [2.75, 3.05) is 23.3 Å². The maximum absolute atomic E-state index is 11.8. The van der Waals surface area contributed by atoms with Crippen molar-refractivity contribution in [1.82, 2.24) is 4.98 Å². The van der Waals surface area contributed by atoms with Gasteiger partial charge in [-0.1, -0.05) is 25.0 Å². The van der Waals surface area contributed by atoms with E-state index in [0.29, 0.717) is 5.13 Å². The number of nitrogens with one attached hydrogen (secondary N) is 1. The summed E-state index contributed by atoms with van der Waals surface area (Å²) in [6, 6.07) is 8.41. The molecule has 0 spiro atoms. The molecule has 0 bridgehead atoms. The molecule has 0 atom stereocenters. The summed E-state index contributed by atoms with van der Waals surface area (Å²) < 4.78 is 0. The van der Waals surface area contributed by atoms with Crippen LogP contribution in [0.1, 0.15) is 31.2 Å². The average molecular weight is 327 g/mol. The molecule has 4 nitrogen and oxygen atoms in total. The van der Waals surface area contributed by atoms with Crippen LogP contribution in [-0.4, -0.2) is 24.0 Å². The molecule has 0 unspecified atom stereocenters. The van der Waals surface area contributed by atoms with E-state index in [4.69, 9.17) is 0 Å². The third kappa shape index (κ3) is 4.66. The van der Waals surface area contributed by atoms with Gasteiger partial charge in [-0.3, -0.25) is 10.1 Å². The Morgan fingerprint density at radius 2 is 1.87 bits per heavy atom. The number of rotatable bonds is 4. The van der Waals surface area contributed by atoms with Gasteiger partial charge in [0.25, 0.3) is 0 Å². The summed E-state index contributed by atoms with van der Waals surface area (Å²) in [4.78, 5) is 18.3. The Hall–Kier alpha value is -2.14. The zero-order valence-corrected chi connectivity index (χ0v) is 13.9. The molecule has 1 saturated heterocycles. The van der Waals surface area contributed by atoms with Crippen LogP contribution in [0, 0.1) is 0 Å². The van der Waals surface area contributed by atoms with Crippen LogP contribution in [0.15, 0.2) is 41.9 Å². The number of amides is 1. The smallest absolute Gasteiger partial charge is 0.250 e. The van der Waals surface area contributed by atoms with Gasteiger partial charge in [0.2, 0.25) is 5.91 Å². The van der Waals surface area contributed by atoms with Crippen molar-refractivity contribution in [3.05, 3.63) is 47.5 Å². The number of hydrogen-bond donors (Lipinski definition) is 1. The lowest BCUT2D eigenvalue weighted by atomic mass is 10.1. The van der Waals surface area contributed by atoms with Crippen molar-refractivity contribution in [3.8, 4) is 0 Å². The van der Waals surface area contributed by atoms with Gasteiger partial charge >= 0.3 is 0 Å². The standard InChI is InChI=1S/C18H21N3OS/c22-17(20-18-19-11-14-23-18)10-7-15-5-8-16(9-6-15)21-12-3-1-2-4-13-21/h5-11,14H,1-4,12-13H2,(H,19,20,22)/b10-7+. The van der Waals surface area contributed by atoms with Crippen molar-refractivity contribution in [1.29, 1.82) is 0 Å². The van der Waals surface area contributed by atoms with Gasteiger partial charge in [-0.05, 0) is 36.6 Å². The molecule has 2 heterocycles. The third-order valence-corrected chi connectivity index (χ3v) is 4.64. The largest absolute Gasteiger partial charge is 0.372 e. The van der Waals surface area contributed by atoms with Crippen LogP contribution in [-0.2, 0) is 4.79 Å². The van der Waals surface area contributed by atoms with E-state index in [1.807, 2.05) is 11.5 Å². The van der Waals surface area contributed by atoms with Crippen molar-refractivity contribution >= 4 is 34.1 Å². The first-order valence-corrected chi connectivity index (χ1v) is 8.93. The second-order valence-corrected chi connectivity index (χ2v) is 6.55. The number of thiazole rings is 1. The molecular formula is C18H21N3OS. The molecular weight excluding hydrogens is 306 g/mol. The van der Waals surface area contributed by atoms with Gasteiger partial charge in [0.15, 0.2) is 5.13 Å². The quantitative estimate of drug-likeness (QED) is 0.857. The van der Waals surface area contributed by atoms with Crippen LogP contribution in [0.2, 0.25) is 0 Å². The van der Waals surface area contributed by atoms with E-state index in [9.17, 15) is 4.79 Å². The minimum atomic E-state index is -0.156. The molecule has 0 radical (unpaired) electrons. The molecule has 2 aromatic rings. The Morgan fingerprint density at radius 1 is 1.13 bits per heavy atom. The van der Waals surface area contributed by atoms with E-state index in [-0.39, 0.29) is 5.91 Å². The molecule has 0 aliphatic carbocycles. The fourth-order valence-electron chi connectivity index (χ4n) is 2.73. The second kappa shape index (κ2) is 7.92. The van der Waals surface area contributed by atoms with Gasteiger partial charge < -0.3 is 4.90 Å². The van der Waals surface area contributed by atoms with E-state index in [0.717, 1.165) is 18.7 Å². The highest BCUT2D eigenvalue weighted by Crippen LogP contribution is 2.20. The molecule has 5 heteroatoms. The molecule has 1 aromatic heterocycles. The van der Waals surface area contributed by atoms with Gasteiger partial charge in [0, 0.05) is 36.4 Å². The minimum Gasteiger partial charge on any atom is -0.372 e. The minimum absolute atomic E-state index is 0.156. The summed E-state index contributed by atoms with van der Waals surface area (Å²) in [6.45, 7) is 2.29. The molecule has 23 heavy (non-hydrogen) atoms. The molecule has 1 amide bonds. The normalized spacial score (nSPS) is 15.6. The van der Waals surface area contributed by atoms with Gasteiger partial charge in [-0.15, -0.1) is 11.3 Å².